The van der Waals surface area contributed by atoms with Crippen LogP contribution in [0.15, 0.2) is 77.6 Å². The summed E-state index contributed by atoms with van der Waals surface area (Å²) in [7, 11) is 1.56. The van der Waals surface area contributed by atoms with Crippen molar-refractivity contribution in [2.75, 3.05) is 5.32 Å². The van der Waals surface area contributed by atoms with E-state index >= 15 is 0 Å². The first-order chi connectivity index (χ1) is 16.1. The van der Waals surface area contributed by atoms with Crippen LogP contribution in [0.1, 0.15) is 15.9 Å². The predicted molar refractivity (Wildman–Crippen MR) is 121 cm³/mol. The van der Waals surface area contributed by atoms with Crippen molar-refractivity contribution in [1.29, 1.82) is 0 Å². The molecule has 7 nitrogen and oxygen atoms in total. The zero-order chi connectivity index (χ0) is 24.6. The van der Waals surface area contributed by atoms with Gasteiger partial charge in [0.15, 0.2) is 5.43 Å². The fourth-order valence-corrected chi connectivity index (χ4v) is 3.69. The highest BCUT2D eigenvalue weighted by Crippen LogP contribution is 2.34. The van der Waals surface area contributed by atoms with E-state index in [1.807, 2.05) is 0 Å². The zero-order valence-corrected chi connectivity index (χ0v) is 17.6. The lowest BCUT2D eigenvalue weighted by molar-refractivity contribution is -0.384. The summed E-state index contributed by atoms with van der Waals surface area (Å²) < 4.78 is 41.5. The predicted octanol–water partition coefficient (Wildman–Crippen LogP) is 5.38. The van der Waals surface area contributed by atoms with Crippen molar-refractivity contribution in [2.24, 2.45) is 7.05 Å². The Hall–Kier alpha value is -4.47. The van der Waals surface area contributed by atoms with Gasteiger partial charge in [-0.2, -0.15) is 13.2 Å². The number of anilines is 1. The average Bonchev–Trinajstić information content (AvgIpc) is 2.82. The van der Waals surface area contributed by atoms with Gasteiger partial charge in [-0.1, -0.05) is 30.3 Å². The molecular weight excluding hydrogens is 451 g/mol. The number of amides is 1. The number of non-ortho nitro benzene ring substituents is 1. The number of hydrogen-bond donors (Lipinski definition) is 1. The fraction of sp³-hybridized carbons (Fsp3) is 0.0833. The Morgan fingerprint density at radius 3 is 2.41 bits per heavy atom. The van der Waals surface area contributed by atoms with Crippen molar-refractivity contribution in [3.8, 4) is 11.1 Å². The van der Waals surface area contributed by atoms with E-state index in [1.165, 1.54) is 34.9 Å². The van der Waals surface area contributed by atoms with Gasteiger partial charge >= 0.3 is 6.18 Å². The molecule has 0 aliphatic carbocycles. The molecule has 0 bridgehead atoms. The molecule has 0 unspecified atom stereocenters. The summed E-state index contributed by atoms with van der Waals surface area (Å²) in [5.41, 5.74) is -1.60. The van der Waals surface area contributed by atoms with E-state index in [4.69, 9.17) is 0 Å². The maximum Gasteiger partial charge on any atom is 0.416 e. The van der Waals surface area contributed by atoms with E-state index in [1.54, 1.807) is 31.3 Å². The Kier molecular flexibility index (Phi) is 5.66. The molecule has 3 aromatic carbocycles. The quantitative estimate of drug-likeness (QED) is 0.322. The van der Waals surface area contributed by atoms with Crippen LogP contribution in [-0.4, -0.2) is 15.4 Å². The molecule has 10 heteroatoms. The van der Waals surface area contributed by atoms with Gasteiger partial charge in [0, 0.05) is 30.1 Å². The van der Waals surface area contributed by atoms with E-state index < -0.39 is 28.0 Å². The molecule has 1 amide bonds. The molecule has 0 radical (unpaired) electrons. The summed E-state index contributed by atoms with van der Waals surface area (Å²) in [5, 5.41) is 13.9. The van der Waals surface area contributed by atoms with Gasteiger partial charge in [0.1, 0.15) is 5.82 Å². The molecule has 0 aliphatic heterocycles. The average molecular weight is 467 g/mol. The number of aromatic nitrogens is 1. The number of fused-ring (bicyclic) bond motifs is 1. The Morgan fingerprint density at radius 1 is 1.00 bits per heavy atom. The number of nitro benzene ring substituents is 1. The molecule has 0 aliphatic rings. The number of carbonyl (C=O) groups is 1. The third kappa shape index (κ3) is 4.13. The summed E-state index contributed by atoms with van der Waals surface area (Å²) in [6.07, 6.45) is -4.63. The van der Waals surface area contributed by atoms with Crippen LogP contribution in [0.4, 0.5) is 24.7 Å². The van der Waals surface area contributed by atoms with Crippen LogP contribution in [-0.2, 0) is 13.2 Å². The summed E-state index contributed by atoms with van der Waals surface area (Å²) in [6, 6.07) is 15.7. The van der Waals surface area contributed by atoms with Crippen LogP contribution < -0.4 is 10.7 Å². The minimum atomic E-state index is -4.63. The van der Waals surface area contributed by atoms with E-state index in [0.29, 0.717) is 5.52 Å². The van der Waals surface area contributed by atoms with Crippen LogP contribution >= 0.6 is 0 Å². The Morgan fingerprint density at radius 2 is 1.71 bits per heavy atom. The minimum absolute atomic E-state index is 0.0319. The summed E-state index contributed by atoms with van der Waals surface area (Å²) >= 11 is 0. The highest BCUT2D eigenvalue weighted by atomic mass is 19.4. The van der Waals surface area contributed by atoms with Gasteiger partial charge in [-0.05, 0) is 35.9 Å². The molecular formula is C24H16F3N3O4. The number of rotatable bonds is 4. The number of para-hydroxylation sites is 1. The first kappa shape index (κ1) is 22.7. The SMILES string of the molecule is Cn1c(NC(=O)c2cccc([N+](=O)[O-])c2)c(-c2cccc(C(F)(F)F)c2)c(=O)c2ccccc21. The van der Waals surface area contributed by atoms with Gasteiger partial charge in [-0.15, -0.1) is 0 Å². The van der Waals surface area contributed by atoms with E-state index in [-0.39, 0.29) is 33.6 Å². The van der Waals surface area contributed by atoms with E-state index in [9.17, 15) is 32.9 Å². The molecule has 34 heavy (non-hydrogen) atoms. The molecule has 0 fully saturated rings. The van der Waals surface area contributed by atoms with Gasteiger partial charge < -0.3 is 9.88 Å². The number of carbonyl (C=O) groups excluding carboxylic acids is 1. The molecule has 1 N–H and O–H groups in total. The second-order valence-corrected chi connectivity index (χ2v) is 7.47. The van der Waals surface area contributed by atoms with Crippen molar-refractivity contribution in [2.45, 2.75) is 6.18 Å². The van der Waals surface area contributed by atoms with Crippen LogP contribution in [0.3, 0.4) is 0 Å². The van der Waals surface area contributed by atoms with Gasteiger partial charge in [-0.25, -0.2) is 0 Å². The van der Waals surface area contributed by atoms with Crippen LogP contribution in [0.25, 0.3) is 22.0 Å². The monoisotopic (exact) mass is 467 g/mol. The maximum absolute atomic E-state index is 13.4. The van der Waals surface area contributed by atoms with Crippen molar-refractivity contribution in [3.63, 3.8) is 0 Å². The molecule has 0 spiro atoms. The number of pyridine rings is 1. The second kappa shape index (κ2) is 8.47. The summed E-state index contributed by atoms with van der Waals surface area (Å²) in [5.74, 6) is -0.804. The Bertz CT molecular complexity index is 1510. The lowest BCUT2D eigenvalue weighted by Crippen LogP contribution is -2.21. The highest BCUT2D eigenvalue weighted by Gasteiger charge is 2.31. The Balaban J connectivity index is 1.94. The van der Waals surface area contributed by atoms with Gasteiger partial charge in [0.2, 0.25) is 0 Å². The molecule has 1 aromatic heterocycles. The third-order valence-corrected chi connectivity index (χ3v) is 5.34. The van der Waals surface area contributed by atoms with Crippen molar-refractivity contribution in [1.82, 2.24) is 4.57 Å². The number of alkyl halides is 3. The van der Waals surface area contributed by atoms with Crippen molar-refractivity contribution in [3.05, 3.63) is 104 Å². The molecule has 4 aromatic rings. The number of hydrogen-bond acceptors (Lipinski definition) is 4. The fourth-order valence-electron chi connectivity index (χ4n) is 3.69. The molecule has 1 heterocycles. The topological polar surface area (TPSA) is 94.2 Å². The molecule has 0 saturated carbocycles. The number of benzene rings is 3. The Labute approximate surface area is 190 Å². The molecule has 4 rings (SSSR count). The summed E-state index contributed by atoms with van der Waals surface area (Å²) in [6.45, 7) is 0. The number of nitrogens with zero attached hydrogens (tertiary/aromatic N) is 2. The van der Waals surface area contributed by atoms with E-state index in [2.05, 4.69) is 5.32 Å². The van der Waals surface area contributed by atoms with Crippen LogP contribution in [0.2, 0.25) is 0 Å². The largest absolute Gasteiger partial charge is 0.416 e. The summed E-state index contributed by atoms with van der Waals surface area (Å²) in [4.78, 5) is 36.8. The standard InChI is InChI=1S/C24H16F3N3O4/c1-29-19-11-3-2-10-18(19)21(31)20(14-6-4-8-16(12-14)24(25,26)27)22(29)28-23(32)15-7-5-9-17(13-15)30(33)34/h2-13H,1H3,(H,28,32). The number of nitro groups is 1. The smallest absolute Gasteiger partial charge is 0.330 e. The van der Waals surface area contributed by atoms with Crippen LogP contribution in [0.5, 0.6) is 0 Å². The van der Waals surface area contributed by atoms with Gasteiger partial charge in [-0.3, -0.25) is 19.7 Å². The normalized spacial score (nSPS) is 11.4. The lowest BCUT2D eigenvalue weighted by atomic mass is 10.00. The number of aryl methyl sites for hydroxylation is 1. The first-order valence-electron chi connectivity index (χ1n) is 9.93. The third-order valence-electron chi connectivity index (χ3n) is 5.34. The van der Waals surface area contributed by atoms with Crippen molar-refractivity contribution < 1.29 is 22.9 Å². The van der Waals surface area contributed by atoms with Crippen LogP contribution in [0, 0.1) is 10.1 Å². The zero-order valence-electron chi connectivity index (χ0n) is 17.6. The van der Waals surface area contributed by atoms with Gasteiger partial charge in [0.25, 0.3) is 11.6 Å². The van der Waals surface area contributed by atoms with Gasteiger partial charge in [0.05, 0.1) is 21.6 Å². The van der Waals surface area contributed by atoms with E-state index in [0.717, 1.165) is 18.2 Å². The maximum atomic E-state index is 13.4. The lowest BCUT2D eigenvalue weighted by Gasteiger charge is -2.19. The van der Waals surface area contributed by atoms with Crippen molar-refractivity contribution >= 4 is 28.3 Å². The second-order valence-electron chi connectivity index (χ2n) is 7.47. The number of halogens is 3. The molecule has 172 valence electrons. The molecule has 0 saturated heterocycles. The number of nitrogens with one attached hydrogen (secondary N) is 1. The first-order valence-corrected chi connectivity index (χ1v) is 9.93. The minimum Gasteiger partial charge on any atom is -0.330 e. The highest BCUT2D eigenvalue weighted by molar-refractivity contribution is 6.07. The molecule has 0 atom stereocenters.